The minimum atomic E-state index is -0.365. The van der Waals surface area contributed by atoms with Gasteiger partial charge >= 0.3 is 0 Å². The fourth-order valence-corrected chi connectivity index (χ4v) is 3.55. The van der Waals surface area contributed by atoms with E-state index in [0.717, 1.165) is 31.2 Å². The third-order valence-corrected chi connectivity index (χ3v) is 4.89. The number of hydrogen-bond acceptors (Lipinski definition) is 1. The molecule has 110 valence electrons. The summed E-state index contributed by atoms with van der Waals surface area (Å²) in [6, 6.07) is 13.6. The average molecular weight is 304 g/mol. The predicted octanol–water partition coefficient (Wildman–Crippen LogP) is 4.16. The van der Waals surface area contributed by atoms with Crippen molar-refractivity contribution in [2.24, 2.45) is 11.1 Å². The Kier molecular flexibility index (Phi) is 4.01. The lowest BCUT2D eigenvalue weighted by Gasteiger charge is -2.37. The van der Waals surface area contributed by atoms with E-state index in [1.807, 2.05) is 6.07 Å². The highest BCUT2D eigenvalue weighted by atomic mass is 35.5. The van der Waals surface area contributed by atoms with Crippen molar-refractivity contribution in [1.82, 2.24) is 0 Å². The lowest BCUT2D eigenvalue weighted by Crippen LogP contribution is -2.38. The molecule has 0 spiro atoms. The van der Waals surface area contributed by atoms with Crippen molar-refractivity contribution < 1.29 is 4.39 Å². The second kappa shape index (κ2) is 5.78. The average Bonchev–Trinajstić information content (AvgIpc) is 2.51. The first-order valence-corrected chi connectivity index (χ1v) is 7.70. The molecule has 0 fully saturated rings. The minimum Gasteiger partial charge on any atom is -0.330 e. The van der Waals surface area contributed by atoms with Crippen LogP contribution in [-0.4, -0.2) is 6.54 Å². The summed E-state index contributed by atoms with van der Waals surface area (Å²) in [5, 5.41) is 0.191. The van der Waals surface area contributed by atoms with Crippen LogP contribution in [0.5, 0.6) is 0 Å². The van der Waals surface area contributed by atoms with E-state index in [-0.39, 0.29) is 16.3 Å². The van der Waals surface area contributed by atoms with Crippen LogP contribution in [0.2, 0.25) is 5.02 Å². The molecule has 2 aromatic carbocycles. The highest BCUT2D eigenvalue weighted by Crippen LogP contribution is 2.38. The summed E-state index contributed by atoms with van der Waals surface area (Å²) in [7, 11) is 0. The number of halogens is 2. The SMILES string of the molecule is NCC1(Cc2ccc(F)c(Cl)c2)CCc2ccccc2C1. The van der Waals surface area contributed by atoms with Crippen LogP contribution in [0.3, 0.4) is 0 Å². The third-order valence-electron chi connectivity index (χ3n) is 4.60. The molecule has 1 aliphatic rings. The Morgan fingerprint density at radius 3 is 2.62 bits per heavy atom. The van der Waals surface area contributed by atoms with Crippen LogP contribution in [0, 0.1) is 11.2 Å². The molecule has 3 rings (SSSR count). The van der Waals surface area contributed by atoms with Gasteiger partial charge in [0.1, 0.15) is 5.82 Å². The Bertz CT molecular complexity index is 655. The summed E-state index contributed by atoms with van der Waals surface area (Å²) in [6.07, 6.45) is 3.95. The van der Waals surface area contributed by atoms with Gasteiger partial charge in [-0.2, -0.15) is 0 Å². The highest BCUT2D eigenvalue weighted by molar-refractivity contribution is 6.30. The molecule has 0 aromatic heterocycles. The molecule has 0 radical (unpaired) electrons. The van der Waals surface area contributed by atoms with Crippen molar-refractivity contribution >= 4 is 11.6 Å². The first kappa shape index (κ1) is 14.6. The molecule has 0 bridgehead atoms. The quantitative estimate of drug-likeness (QED) is 0.905. The van der Waals surface area contributed by atoms with Gasteiger partial charge in [0.25, 0.3) is 0 Å². The topological polar surface area (TPSA) is 26.0 Å². The Hall–Kier alpha value is -1.38. The smallest absolute Gasteiger partial charge is 0.141 e. The molecular weight excluding hydrogens is 285 g/mol. The maximum absolute atomic E-state index is 13.3. The lowest BCUT2D eigenvalue weighted by molar-refractivity contribution is 0.254. The van der Waals surface area contributed by atoms with Crippen molar-refractivity contribution in [3.8, 4) is 0 Å². The van der Waals surface area contributed by atoms with Crippen molar-refractivity contribution in [2.45, 2.75) is 25.7 Å². The summed E-state index contributed by atoms with van der Waals surface area (Å²) >= 11 is 5.89. The van der Waals surface area contributed by atoms with Gasteiger partial charge < -0.3 is 5.73 Å². The molecule has 3 heteroatoms. The molecular formula is C18H19ClFN. The summed E-state index contributed by atoms with van der Waals surface area (Å²) < 4.78 is 13.3. The fraction of sp³-hybridized carbons (Fsp3) is 0.333. The Labute approximate surface area is 129 Å². The van der Waals surface area contributed by atoms with Gasteiger partial charge in [0.2, 0.25) is 0 Å². The van der Waals surface area contributed by atoms with Gasteiger partial charge in [-0.3, -0.25) is 0 Å². The minimum absolute atomic E-state index is 0.0511. The maximum Gasteiger partial charge on any atom is 0.141 e. The molecule has 0 saturated carbocycles. The van der Waals surface area contributed by atoms with E-state index in [1.165, 1.54) is 17.2 Å². The van der Waals surface area contributed by atoms with Crippen LogP contribution in [0.25, 0.3) is 0 Å². The Morgan fingerprint density at radius 2 is 1.90 bits per heavy atom. The van der Waals surface area contributed by atoms with Gasteiger partial charge in [-0.05, 0) is 66.5 Å². The standard InChI is InChI=1S/C18H19ClFN/c19-16-9-13(5-6-17(16)20)10-18(12-21)8-7-14-3-1-2-4-15(14)11-18/h1-6,9H,7-8,10-12,21H2. The molecule has 21 heavy (non-hydrogen) atoms. The molecule has 1 unspecified atom stereocenters. The number of aryl methyl sites for hydroxylation is 1. The van der Waals surface area contributed by atoms with E-state index in [2.05, 4.69) is 24.3 Å². The van der Waals surface area contributed by atoms with Gasteiger partial charge in [0.05, 0.1) is 5.02 Å². The first-order valence-electron chi connectivity index (χ1n) is 7.33. The van der Waals surface area contributed by atoms with Crippen LogP contribution in [-0.2, 0) is 19.3 Å². The molecule has 0 heterocycles. The Morgan fingerprint density at radius 1 is 1.14 bits per heavy atom. The van der Waals surface area contributed by atoms with Crippen molar-refractivity contribution in [3.63, 3.8) is 0 Å². The summed E-state index contributed by atoms with van der Waals surface area (Å²) in [4.78, 5) is 0. The van der Waals surface area contributed by atoms with Crippen molar-refractivity contribution in [3.05, 3.63) is 70.0 Å². The monoisotopic (exact) mass is 303 g/mol. The number of nitrogens with two attached hydrogens (primary N) is 1. The molecule has 0 aliphatic heterocycles. The van der Waals surface area contributed by atoms with E-state index < -0.39 is 0 Å². The second-order valence-corrected chi connectivity index (χ2v) is 6.48. The van der Waals surface area contributed by atoms with E-state index in [9.17, 15) is 4.39 Å². The number of hydrogen-bond donors (Lipinski definition) is 1. The van der Waals surface area contributed by atoms with Crippen LogP contribution in [0.15, 0.2) is 42.5 Å². The fourth-order valence-electron chi connectivity index (χ4n) is 3.35. The summed E-state index contributed by atoms with van der Waals surface area (Å²) in [6.45, 7) is 0.635. The number of rotatable bonds is 3. The first-order chi connectivity index (χ1) is 10.1. The predicted molar refractivity (Wildman–Crippen MR) is 85.1 cm³/mol. The summed E-state index contributed by atoms with van der Waals surface area (Å²) in [5.74, 6) is -0.365. The second-order valence-electron chi connectivity index (χ2n) is 6.07. The molecule has 1 atom stereocenters. The molecule has 0 saturated heterocycles. The Balaban J connectivity index is 1.86. The lowest BCUT2D eigenvalue weighted by atomic mass is 9.68. The molecule has 1 aliphatic carbocycles. The zero-order chi connectivity index (χ0) is 14.9. The third kappa shape index (κ3) is 2.97. The number of benzene rings is 2. The summed E-state index contributed by atoms with van der Waals surface area (Å²) in [5.41, 5.74) is 10.0. The van der Waals surface area contributed by atoms with Crippen LogP contribution in [0.4, 0.5) is 4.39 Å². The zero-order valence-electron chi connectivity index (χ0n) is 11.9. The van der Waals surface area contributed by atoms with Gasteiger partial charge in [0, 0.05) is 0 Å². The van der Waals surface area contributed by atoms with E-state index in [1.54, 1.807) is 6.07 Å². The number of fused-ring (bicyclic) bond motifs is 1. The van der Waals surface area contributed by atoms with Crippen LogP contribution < -0.4 is 5.73 Å². The maximum atomic E-state index is 13.3. The normalized spacial score (nSPS) is 21.1. The molecule has 1 nitrogen and oxygen atoms in total. The van der Waals surface area contributed by atoms with E-state index in [0.29, 0.717) is 6.54 Å². The van der Waals surface area contributed by atoms with Gasteiger partial charge in [-0.15, -0.1) is 0 Å². The largest absolute Gasteiger partial charge is 0.330 e. The molecule has 0 amide bonds. The molecule has 2 aromatic rings. The highest BCUT2D eigenvalue weighted by Gasteiger charge is 2.33. The van der Waals surface area contributed by atoms with Crippen molar-refractivity contribution in [1.29, 1.82) is 0 Å². The zero-order valence-corrected chi connectivity index (χ0v) is 12.7. The van der Waals surface area contributed by atoms with Crippen LogP contribution in [0.1, 0.15) is 23.1 Å². The van der Waals surface area contributed by atoms with E-state index in [4.69, 9.17) is 17.3 Å². The molecule has 2 N–H and O–H groups in total. The van der Waals surface area contributed by atoms with Crippen molar-refractivity contribution in [2.75, 3.05) is 6.54 Å². The van der Waals surface area contributed by atoms with Gasteiger partial charge in [-0.25, -0.2) is 4.39 Å². The van der Waals surface area contributed by atoms with E-state index >= 15 is 0 Å². The van der Waals surface area contributed by atoms with Gasteiger partial charge in [-0.1, -0.05) is 41.9 Å². The van der Waals surface area contributed by atoms with Gasteiger partial charge in [0.15, 0.2) is 0 Å². The van der Waals surface area contributed by atoms with Crippen LogP contribution >= 0.6 is 11.6 Å².